The standard InChI is InChI=1S/C11H18O5S/c1-15-10-6-8(16-11(14)17-2)4-3-7(12)5-9(10)13/h3-4,7-10,12-13H,5-6H2,1-2H3/b4-3+. The number of hydrogen-bond acceptors (Lipinski definition) is 6. The lowest BCUT2D eigenvalue weighted by Crippen LogP contribution is -2.36. The van der Waals surface area contributed by atoms with Crippen LogP contribution >= 0.6 is 11.8 Å². The van der Waals surface area contributed by atoms with E-state index in [1.165, 1.54) is 13.2 Å². The summed E-state index contributed by atoms with van der Waals surface area (Å²) in [5, 5.41) is 19.0. The minimum absolute atomic E-state index is 0.220. The maximum Gasteiger partial charge on any atom is 0.367 e. The highest BCUT2D eigenvalue weighted by Gasteiger charge is 2.27. The Balaban J connectivity index is 2.71. The van der Waals surface area contributed by atoms with E-state index in [0.717, 1.165) is 11.8 Å². The predicted octanol–water partition coefficient (Wildman–Crippen LogP) is 0.941. The first kappa shape index (κ1) is 14.5. The largest absolute Gasteiger partial charge is 0.450 e. The van der Waals surface area contributed by atoms with Crippen molar-refractivity contribution >= 4 is 17.1 Å². The van der Waals surface area contributed by atoms with Crippen LogP contribution in [0.1, 0.15) is 12.8 Å². The van der Waals surface area contributed by atoms with Gasteiger partial charge in [0, 0.05) is 20.0 Å². The first-order valence-corrected chi connectivity index (χ1v) is 6.61. The Kier molecular flexibility index (Phi) is 5.97. The Labute approximate surface area is 105 Å². The molecular weight excluding hydrogens is 244 g/mol. The zero-order chi connectivity index (χ0) is 12.8. The van der Waals surface area contributed by atoms with Crippen LogP contribution in [0.4, 0.5) is 4.79 Å². The van der Waals surface area contributed by atoms with E-state index in [2.05, 4.69) is 0 Å². The van der Waals surface area contributed by atoms with E-state index in [0.29, 0.717) is 6.42 Å². The highest BCUT2D eigenvalue weighted by atomic mass is 32.2. The quantitative estimate of drug-likeness (QED) is 0.570. The lowest BCUT2D eigenvalue weighted by Gasteiger charge is -2.27. The molecule has 1 rings (SSSR count). The Morgan fingerprint density at radius 3 is 2.65 bits per heavy atom. The molecule has 0 bridgehead atoms. The molecule has 5 nitrogen and oxygen atoms in total. The van der Waals surface area contributed by atoms with Crippen molar-refractivity contribution in [3.05, 3.63) is 12.2 Å². The smallest absolute Gasteiger partial charge is 0.367 e. The molecule has 98 valence electrons. The summed E-state index contributed by atoms with van der Waals surface area (Å²) in [6.07, 6.45) is 2.95. The SMILES string of the molecule is COC1CC(OC(=O)SC)/C=C/C(O)CC1O. The molecule has 1 aliphatic carbocycles. The molecule has 0 radical (unpaired) electrons. The molecule has 0 aromatic rings. The van der Waals surface area contributed by atoms with Gasteiger partial charge in [-0.2, -0.15) is 0 Å². The molecule has 0 aromatic carbocycles. The van der Waals surface area contributed by atoms with E-state index in [4.69, 9.17) is 9.47 Å². The molecule has 0 heterocycles. The number of aliphatic hydroxyl groups is 2. The van der Waals surface area contributed by atoms with E-state index in [1.54, 1.807) is 12.3 Å². The lowest BCUT2D eigenvalue weighted by molar-refractivity contribution is -0.0491. The van der Waals surface area contributed by atoms with Crippen molar-refractivity contribution in [2.24, 2.45) is 0 Å². The van der Waals surface area contributed by atoms with E-state index >= 15 is 0 Å². The summed E-state index contributed by atoms with van der Waals surface area (Å²) in [4.78, 5) is 11.2. The zero-order valence-electron chi connectivity index (χ0n) is 9.91. The van der Waals surface area contributed by atoms with Gasteiger partial charge in [0.15, 0.2) is 0 Å². The van der Waals surface area contributed by atoms with Gasteiger partial charge in [-0.25, -0.2) is 4.79 Å². The second-order valence-corrected chi connectivity index (χ2v) is 4.62. The topological polar surface area (TPSA) is 76.0 Å². The van der Waals surface area contributed by atoms with Crippen LogP contribution in [0.3, 0.4) is 0 Å². The molecule has 17 heavy (non-hydrogen) atoms. The first-order chi connectivity index (χ1) is 8.06. The lowest BCUT2D eigenvalue weighted by atomic mass is 9.97. The van der Waals surface area contributed by atoms with Gasteiger partial charge in [-0.15, -0.1) is 0 Å². The van der Waals surface area contributed by atoms with Crippen molar-refractivity contribution in [1.82, 2.24) is 0 Å². The van der Waals surface area contributed by atoms with Crippen LogP contribution in [0.5, 0.6) is 0 Å². The van der Waals surface area contributed by atoms with Gasteiger partial charge in [-0.3, -0.25) is 0 Å². The van der Waals surface area contributed by atoms with Crippen molar-refractivity contribution in [2.75, 3.05) is 13.4 Å². The molecule has 0 saturated carbocycles. The minimum Gasteiger partial charge on any atom is -0.450 e. The number of carbonyl (C=O) groups is 1. The fraction of sp³-hybridized carbons (Fsp3) is 0.727. The van der Waals surface area contributed by atoms with Gasteiger partial charge in [0.05, 0.1) is 18.3 Å². The van der Waals surface area contributed by atoms with Crippen LogP contribution < -0.4 is 0 Å². The molecule has 4 unspecified atom stereocenters. The number of thioether (sulfide) groups is 1. The van der Waals surface area contributed by atoms with Gasteiger partial charge in [0.1, 0.15) is 6.10 Å². The van der Waals surface area contributed by atoms with Crippen LogP contribution in [0.15, 0.2) is 12.2 Å². The van der Waals surface area contributed by atoms with Gasteiger partial charge in [0.2, 0.25) is 0 Å². The number of ether oxygens (including phenoxy) is 2. The summed E-state index contributed by atoms with van der Waals surface area (Å²) in [7, 11) is 1.49. The summed E-state index contributed by atoms with van der Waals surface area (Å²) in [6.45, 7) is 0. The van der Waals surface area contributed by atoms with Crippen molar-refractivity contribution < 1.29 is 24.5 Å². The van der Waals surface area contributed by atoms with Crippen LogP contribution in [0.25, 0.3) is 0 Å². The Morgan fingerprint density at radius 2 is 2.06 bits per heavy atom. The molecule has 0 aliphatic heterocycles. The van der Waals surface area contributed by atoms with Gasteiger partial charge in [-0.1, -0.05) is 6.08 Å². The van der Waals surface area contributed by atoms with E-state index in [-0.39, 0.29) is 11.7 Å². The van der Waals surface area contributed by atoms with Crippen molar-refractivity contribution in [2.45, 2.75) is 37.3 Å². The fourth-order valence-electron chi connectivity index (χ4n) is 1.71. The number of hydrogen-bond donors (Lipinski definition) is 2. The molecule has 6 heteroatoms. The van der Waals surface area contributed by atoms with E-state index in [9.17, 15) is 15.0 Å². The first-order valence-electron chi connectivity index (χ1n) is 5.38. The Morgan fingerprint density at radius 1 is 1.35 bits per heavy atom. The van der Waals surface area contributed by atoms with Crippen molar-refractivity contribution in [1.29, 1.82) is 0 Å². The summed E-state index contributed by atoms with van der Waals surface area (Å²) in [6, 6.07) is 0. The zero-order valence-corrected chi connectivity index (χ0v) is 10.7. The molecule has 0 amide bonds. The monoisotopic (exact) mass is 262 g/mol. The highest BCUT2D eigenvalue weighted by molar-refractivity contribution is 8.12. The normalized spacial score (nSPS) is 35.8. The number of aliphatic hydroxyl groups excluding tert-OH is 2. The molecule has 0 fully saturated rings. The summed E-state index contributed by atoms with van der Waals surface area (Å²) < 4.78 is 10.3. The number of carbonyl (C=O) groups excluding carboxylic acids is 1. The average Bonchev–Trinajstić information content (AvgIpc) is 2.30. The second-order valence-electron chi connectivity index (χ2n) is 3.88. The van der Waals surface area contributed by atoms with Crippen molar-refractivity contribution in [3.8, 4) is 0 Å². The molecule has 0 spiro atoms. The third-order valence-corrected chi connectivity index (χ3v) is 3.07. The van der Waals surface area contributed by atoms with Crippen LogP contribution in [0, 0.1) is 0 Å². The summed E-state index contributed by atoms with van der Waals surface area (Å²) in [5.74, 6) is 0. The number of methoxy groups -OCH3 is 1. The van der Waals surface area contributed by atoms with Gasteiger partial charge in [0.25, 0.3) is 0 Å². The molecular formula is C11H18O5S. The third kappa shape index (κ3) is 4.67. The van der Waals surface area contributed by atoms with Gasteiger partial charge in [-0.05, 0) is 24.1 Å². The van der Waals surface area contributed by atoms with E-state index < -0.39 is 24.4 Å². The van der Waals surface area contributed by atoms with E-state index in [1.807, 2.05) is 0 Å². The van der Waals surface area contributed by atoms with Gasteiger partial charge < -0.3 is 19.7 Å². The number of rotatable bonds is 2. The maximum absolute atomic E-state index is 11.2. The molecule has 2 N–H and O–H groups in total. The summed E-state index contributed by atoms with van der Waals surface area (Å²) >= 11 is 0.980. The predicted molar refractivity (Wildman–Crippen MR) is 65.0 cm³/mol. The van der Waals surface area contributed by atoms with Crippen LogP contribution in [-0.2, 0) is 9.47 Å². The van der Waals surface area contributed by atoms with Crippen LogP contribution in [-0.4, -0.2) is 53.3 Å². The Bertz CT molecular complexity index is 281. The van der Waals surface area contributed by atoms with Gasteiger partial charge >= 0.3 is 5.30 Å². The average molecular weight is 262 g/mol. The minimum atomic E-state index is -0.768. The molecule has 0 saturated heterocycles. The molecule has 4 atom stereocenters. The fourth-order valence-corrected chi connectivity index (χ4v) is 1.93. The maximum atomic E-state index is 11.2. The molecule has 0 aromatic heterocycles. The molecule has 1 aliphatic rings. The Hall–Kier alpha value is -0.560. The summed E-state index contributed by atoms with van der Waals surface area (Å²) in [5.41, 5.74) is 0. The second kappa shape index (κ2) is 7.00. The highest BCUT2D eigenvalue weighted by Crippen LogP contribution is 2.19. The van der Waals surface area contributed by atoms with Crippen LogP contribution in [0.2, 0.25) is 0 Å². The third-order valence-electron chi connectivity index (χ3n) is 2.64. The van der Waals surface area contributed by atoms with Crippen molar-refractivity contribution in [3.63, 3.8) is 0 Å².